The van der Waals surface area contributed by atoms with Crippen molar-refractivity contribution in [2.75, 3.05) is 11.5 Å². The van der Waals surface area contributed by atoms with Gasteiger partial charge in [0, 0.05) is 24.9 Å². The fraction of sp³-hybridized carbons (Fsp3) is 0.174. The third-order valence-electron chi connectivity index (χ3n) is 4.28. The van der Waals surface area contributed by atoms with E-state index in [1.807, 2.05) is 0 Å². The van der Waals surface area contributed by atoms with Gasteiger partial charge < -0.3 is 10.1 Å². The number of hydrogen-bond acceptors (Lipinski definition) is 5. The monoisotopic (exact) mass is 493 g/mol. The number of carbonyl (C=O) groups excluding carboxylic acids is 2. The molecule has 0 spiro atoms. The zero-order valence-electron chi connectivity index (χ0n) is 17.8. The molecule has 0 fully saturated rings. The first-order valence-electron chi connectivity index (χ1n) is 9.87. The van der Waals surface area contributed by atoms with Crippen LogP contribution in [-0.4, -0.2) is 29.6 Å². The SMILES string of the molecule is CC(=O)N(c1nc(/C=C/C(=O)NCc2cccc(OCC(F)(F)F)c2)cs1)c1ccccc1F. The quantitative estimate of drug-likeness (QED) is 0.344. The average Bonchev–Trinajstić information content (AvgIpc) is 3.24. The molecule has 2 aromatic carbocycles. The van der Waals surface area contributed by atoms with Gasteiger partial charge >= 0.3 is 6.18 Å². The van der Waals surface area contributed by atoms with Gasteiger partial charge in [-0.1, -0.05) is 24.3 Å². The Balaban J connectivity index is 1.60. The Bertz CT molecular complexity index is 1190. The third kappa shape index (κ3) is 7.14. The number of nitrogens with zero attached hydrogens (tertiary/aromatic N) is 2. The first-order chi connectivity index (χ1) is 16.1. The number of carbonyl (C=O) groups is 2. The van der Waals surface area contributed by atoms with E-state index in [2.05, 4.69) is 10.3 Å². The van der Waals surface area contributed by atoms with Crippen molar-refractivity contribution < 1.29 is 31.9 Å². The highest BCUT2D eigenvalue weighted by molar-refractivity contribution is 7.14. The molecule has 34 heavy (non-hydrogen) atoms. The molecule has 0 unspecified atom stereocenters. The molecule has 2 amide bonds. The van der Waals surface area contributed by atoms with Crippen LogP contribution in [0.2, 0.25) is 0 Å². The minimum atomic E-state index is -4.44. The smallest absolute Gasteiger partial charge is 0.422 e. The number of aromatic nitrogens is 1. The van der Waals surface area contributed by atoms with Gasteiger partial charge in [-0.3, -0.25) is 14.5 Å². The van der Waals surface area contributed by atoms with Gasteiger partial charge in [0.15, 0.2) is 11.7 Å². The first kappa shape index (κ1) is 24.9. The summed E-state index contributed by atoms with van der Waals surface area (Å²) < 4.78 is 55.7. The van der Waals surface area contributed by atoms with Crippen molar-refractivity contribution in [3.05, 3.63) is 77.1 Å². The van der Waals surface area contributed by atoms with Crippen LogP contribution in [0.5, 0.6) is 5.75 Å². The lowest BCUT2D eigenvalue weighted by Crippen LogP contribution is -2.23. The van der Waals surface area contributed by atoms with Gasteiger partial charge in [0.25, 0.3) is 0 Å². The second-order valence-corrected chi connectivity index (χ2v) is 7.80. The number of hydrogen-bond donors (Lipinski definition) is 1. The molecule has 178 valence electrons. The number of rotatable bonds is 8. The molecule has 3 rings (SSSR count). The molecule has 11 heteroatoms. The Morgan fingerprint density at radius 1 is 1.18 bits per heavy atom. The fourth-order valence-electron chi connectivity index (χ4n) is 2.82. The highest BCUT2D eigenvalue weighted by Gasteiger charge is 2.28. The number of thiazole rings is 1. The van der Waals surface area contributed by atoms with Crippen LogP contribution in [-0.2, 0) is 16.1 Å². The maximum absolute atomic E-state index is 14.1. The van der Waals surface area contributed by atoms with Crippen molar-refractivity contribution in [2.24, 2.45) is 0 Å². The number of benzene rings is 2. The van der Waals surface area contributed by atoms with Gasteiger partial charge in [-0.05, 0) is 35.9 Å². The molecular formula is C23H19F4N3O3S. The maximum atomic E-state index is 14.1. The van der Waals surface area contributed by atoms with Gasteiger partial charge in [-0.25, -0.2) is 9.37 Å². The number of para-hydroxylation sites is 1. The van der Waals surface area contributed by atoms with Crippen LogP contribution in [0.3, 0.4) is 0 Å². The van der Waals surface area contributed by atoms with Crippen LogP contribution in [0.1, 0.15) is 18.2 Å². The highest BCUT2D eigenvalue weighted by atomic mass is 32.1. The molecule has 1 heterocycles. The number of halogens is 4. The first-order valence-corrected chi connectivity index (χ1v) is 10.8. The molecule has 6 nitrogen and oxygen atoms in total. The Hall–Kier alpha value is -3.73. The van der Waals surface area contributed by atoms with Crippen molar-refractivity contribution >= 4 is 40.0 Å². The molecule has 0 saturated carbocycles. The van der Waals surface area contributed by atoms with E-state index in [9.17, 15) is 27.2 Å². The predicted molar refractivity (Wildman–Crippen MR) is 120 cm³/mol. The molecule has 0 radical (unpaired) electrons. The van der Waals surface area contributed by atoms with Crippen LogP contribution in [0.4, 0.5) is 28.4 Å². The van der Waals surface area contributed by atoms with Crippen molar-refractivity contribution in [1.29, 1.82) is 0 Å². The summed E-state index contributed by atoms with van der Waals surface area (Å²) >= 11 is 1.11. The summed E-state index contributed by atoms with van der Waals surface area (Å²) in [6.07, 6.45) is -1.79. The number of ether oxygens (including phenoxy) is 1. The van der Waals surface area contributed by atoms with Crippen molar-refractivity contribution in [3.8, 4) is 5.75 Å². The van der Waals surface area contributed by atoms with Crippen molar-refractivity contribution in [2.45, 2.75) is 19.6 Å². The van der Waals surface area contributed by atoms with Crippen LogP contribution < -0.4 is 15.0 Å². The summed E-state index contributed by atoms with van der Waals surface area (Å²) in [5.41, 5.74) is 1.01. The van der Waals surface area contributed by atoms with E-state index in [0.717, 1.165) is 16.2 Å². The number of amides is 2. The molecule has 0 atom stereocenters. The van der Waals surface area contributed by atoms with E-state index in [-0.39, 0.29) is 23.1 Å². The molecule has 0 saturated heterocycles. The van der Waals surface area contributed by atoms with E-state index in [0.29, 0.717) is 11.3 Å². The molecule has 1 aromatic heterocycles. The zero-order valence-corrected chi connectivity index (χ0v) is 18.6. The molecule has 1 N–H and O–H groups in total. The standard InChI is InChI=1S/C23H19F4N3O3S/c1-15(31)30(20-8-3-2-7-19(20)24)22-29-17(13-34-22)9-10-21(32)28-12-16-5-4-6-18(11-16)33-14-23(25,26)27/h2-11,13H,12,14H2,1H3,(H,28,32)/b10-9+. The second kappa shape index (κ2) is 10.9. The minimum absolute atomic E-state index is 0.0412. The van der Waals surface area contributed by atoms with Gasteiger partial charge in [0.2, 0.25) is 11.8 Å². The molecule has 0 aliphatic carbocycles. The lowest BCUT2D eigenvalue weighted by molar-refractivity contribution is -0.153. The second-order valence-electron chi connectivity index (χ2n) is 6.96. The molecule has 0 aliphatic rings. The van der Waals surface area contributed by atoms with Gasteiger partial charge in [0.1, 0.15) is 11.6 Å². The Morgan fingerprint density at radius 3 is 2.65 bits per heavy atom. The van der Waals surface area contributed by atoms with E-state index in [1.54, 1.807) is 17.5 Å². The normalized spacial score (nSPS) is 11.4. The number of anilines is 2. The highest BCUT2D eigenvalue weighted by Crippen LogP contribution is 2.31. The third-order valence-corrected chi connectivity index (χ3v) is 5.13. The fourth-order valence-corrected chi connectivity index (χ4v) is 3.66. The maximum Gasteiger partial charge on any atom is 0.422 e. The lowest BCUT2D eigenvalue weighted by atomic mass is 10.2. The number of alkyl halides is 3. The lowest BCUT2D eigenvalue weighted by Gasteiger charge is -2.18. The summed E-state index contributed by atoms with van der Waals surface area (Å²) in [7, 11) is 0. The average molecular weight is 493 g/mol. The topological polar surface area (TPSA) is 71.5 Å². The van der Waals surface area contributed by atoms with E-state index in [1.165, 1.54) is 55.5 Å². The van der Waals surface area contributed by atoms with E-state index < -0.39 is 30.4 Å². The Kier molecular flexibility index (Phi) is 8.00. The molecule has 0 aliphatic heterocycles. The Labute approximate surface area is 196 Å². The molecule has 3 aromatic rings. The van der Waals surface area contributed by atoms with Crippen LogP contribution in [0, 0.1) is 5.82 Å². The summed E-state index contributed by atoms with van der Waals surface area (Å²) in [5, 5.41) is 4.46. The Morgan fingerprint density at radius 2 is 1.94 bits per heavy atom. The summed E-state index contributed by atoms with van der Waals surface area (Å²) in [5.74, 6) is -1.42. The van der Waals surface area contributed by atoms with Gasteiger partial charge in [-0.2, -0.15) is 13.2 Å². The minimum Gasteiger partial charge on any atom is -0.484 e. The van der Waals surface area contributed by atoms with E-state index >= 15 is 0 Å². The van der Waals surface area contributed by atoms with Crippen molar-refractivity contribution in [3.63, 3.8) is 0 Å². The van der Waals surface area contributed by atoms with Gasteiger partial charge in [0.05, 0.1) is 11.4 Å². The van der Waals surface area contributed by atoms with E-state index in [4.69, 9.17) is 4.74 Å². The van der Waals surface area contributed by atoms with Crippen LogP contribution >= 0.6 is 11.3 Å². The van der Waals surface area contributed by atoms with Crippen LogP contribution in [0.15, 0.2) is 60.0 Å². The summed E-state index contributed by atoms with van der Waals surface area (Å²) in [6.45, 7) is -0.0424. The van der Waals surface area contributed by atoms with Crippen LogP contribution in [0.25, 0.3) is 6.08 Å². The number of nitrogens with one attached hydrogen (secondary N) is 1. The van der Waals surface area contributed by atoms with Gasteiger partial charge in [-0.15, -0.1) is 11.3 Å². The van der Waals surface area contributed by atoms with Crippen molar-refractivity contribution in [1.82, 2.24) is 10.3 Å². The summed E-state index contributed by atoms with van der Waals surface area (Å²) in [4.78, 5) is 29.6. The largest absolute Gasteiger partial charge is 0.484 e. The molecule has 0 bridgehead atoms. The predicted octanol–water partition coefficient (Wildman–Crippen LogP) is 5.24. The zero-order chi connectivity index (χ0) is 24.7. The summed E-state index contributed by atoms with van der Waals surface area (Å²) in [6, 6.07) is 11.8. The molecular weight excluding hydrogens is 474 g/mol.